The van der Waals surface area contributed by atoms with Crippen molar-refractivity contribution in [3.63, 3.8) is 0 Å². The minimum Gasteiger partial charge on any atom is -0.282 e. The van der Waals surface area contributed by atoms with Gasteiger partial charge in [-0.05, 0) is 0 Å². The summed E-state index contributed by atoms with van der Waals surface area (Å²) in [7, 11) is 0. The highest BCUT2D eigenvalue weighted by Gasteiger charge is 2.48. The van der Waals surface area contributed by atoms with E-state index in [4.69, 9.17) is 0 Å². The molecule has 1 aromatic carbocycles. The Bertz CT molecular complexity index is 382. The molecule has 0 atom stereocenters. The molecule has 4 aliphatic heterocycles. The van der Waals surface area contributed by atoms with Crippen molar-refractivity contribution in [2.24, 2.45) is 0 Å². The van der Waals surface area contributed by atoms with E-state index < -0.39 is 0 Å². The second-order valence-electron chi connectivity index (χ2n) is 5.85. The standard InChI is InChI=1S/C13H19N4.C2H6/c1-2-4-13(5-3-1)6-17-10-14-7-15(11-17)9-16(8-14)12-17;1-2/h1-5H,6-12H2;1-2H3/q+1;. The predicted molar refractivity (Wildman–Crippen MR) is 76.5 cm³/mol. The van der Waals surface area contributed by atoms with Crippen molar-refractivity contribution in [3.8, 4) is 0 Å². The molecule has 0 unspecified atom stereocenters. The van der Waals surface area contributed by atoms with Crippen LogP contribution in [-0.4, -0.2) is 59.2 Å². The van der Waals surface area contributed by atoms with Gasteiger partial charge < -0.3 is 0 Å². The molecular formula is C15H25N4+. The Labute approximate surface area is 116 Å². The average molecular weight is 261 g/mol. The lowest BCUT2D eigenvalue weighted by Gasteiger charge is -2.60. The zero-order chi connectivity index (χ0) is 13.3. The van der Waals surface area contributed by atoms with Gasteiger partial charge >= 0.3 is 0 Å². The number of hydrogen-bond donors (Lipinski definition) is 0. The van der Waals surface area contributed by atoms with Crippen molar-refractivity contribution >= 4 is 0 Å². The lowest BCUT2D eigenvalue weighted by molar-refractivity contribution is -0.991. The average Bonchev–Trinajstić information content (AvgIpc) is 2.40. The third-order valence-corrected chi connectivity index (χ3v) is 4.06. The molecule has 4 saturated heterocycles. The van der Waals surface area contributed by atoms with Gasteiger partial charge in [0.1, 0.15) is 26.6 Å². The third kappa shape index (κ3) is 2.54. The molecule has 4 heterocycles. The monoisotopic (exact) mass is 261 g/mol. The molecule has 5 rings (SSSR count). The number of benzene rings is 1. The molecule has 0 amide bonds. The van der Waals surface area contributed by atoms with Crippen LogP contribution in [0.25, 0.3) is 0 Å². The molecule has 19 heavy (non-hydrogen) atoms. The van der Waals surface area contributed by atoms with Crippen molar-refractivity contribution in [1.29, 1.82) is 0 Å². The molecule has 4 nitrogen and oxygen atoms in total. The molecule has 0 radical (unpaired) electrons. The fourth-order valence-electron chi connectivity index (χ4n) is 3.78. The van der Waals surface area contributed by atoms with E-state index in [1.54, 1.807) is 0 Å². The summed E-state index contributed by atoms with van der Waals surface area (Å²) in [6.45, 7) is 12.4. The second-order valence-corrected chi connectivity index (χ2v) is 5.85. The Morgan fingerprint density at radius 3 is 1.79 bits per heavy atom. The molecule has 0 saturated carbocycles. The van der Waals surface area contributed by atoms with Gasteiger partial charge in [-0.1, -0.05) is 44.2 Å². The van der Waals surface area contributed by atoms with E-state index in [0.717, 1.165) is 0 Å². The van der Waals surface area contributed by atoms with Crippen molar-refractivity contribution < 1.29 is 4.48 Å². The predicted octanol–water partition coefficient (Wildman–Crippen LogP) is 1.72. The van der Waals surface area contributed by atoms with E-state index in [9.17, 15) is 0 Å². The van der Waals surface area contributed by atoms with Gasteiger partial charge in [0.15, 0.2) is 0 Å². The fourth-order valence-corrected chi connectivity index (χ4v) is 3.78. The van der Waals surface area contributed by atoms with Crippen LogP contribution in [0.4, 0.5) is 0 Å². The first kappa shape index (κ1) is 13.1. The topological polar surface area (TPSA) is 9.72 Å². The van der Waals surface area contributed by atoms with Crippen LogP contribution in [0.3, 0.4) is 0 Å². The molecule has 0 aliphatic carbocycles. The van der Waals surface area contributed by atoms with Crippen LogP contribution in [0.15, 0.2) is 30.3 Å². The molecular weight excluding hydrogens is 236 g/mol. The smallest absolute Gasteiger partial charge is 0.139 e. The Kier molecular flexibility index (Phi) is 3.58. The van der Waals surface area contributed by atoms with Gasteiger partial charge in [-0.25, -0.2) is 14.7 Å². The van der Waals surface area contributed by atoms with Crippen molar-refractivity contribution in [1.82, 2.24) is 14.7 Å². The van der Waals surface area contributed by atoms with Crippen LogP contribution in [0.2, 0.25) is 0 Å². The molecule has 0 aromatic heterocycles. The highest BCUT2D eigenvalue weighted by molar-refractivity contribution is 5.13. The van der Waals surface area contributed by atoms with Gasteiger partial charge in [0.2, 0.25) is 0 Å². The van der Waals surface area contributed by atoms with Crippen LogP contribution < -0.4 is 0 Å². The SMILES string of the molecule is CC.c1ccc(C[N+]23CN4CN(CN(C4)C2)C3)cc1. The third-order valence-electron chi connectivity index (χ3n) is 4.06. The van der Waals surface area contributed by atoms with Gasteiger partial charge in [0, 0.05) is 5.56 Å². The minimum atomic E-state index is 1.17. The van der Waals surface area contributed by atoms with Gasteiger partial charge in [0.25, 0.3) is 0 Å². The molecule has 4 fully saturated rings. The van der Waals surface area contributed by atoms with E-state index in [0.29, 0.717) is 0 Å². The summed E-state index contributed by atoms with van der Waals surface area (Å²) < 4.78 is 1.20. The summed E-state index contributed by atoms with van der Waals surface area (Å²) >= 11 is 0. The molecule has 0 N–H and O–H groups in total. The second kappa shape index (κ2) is 5.21. The normalized spacial score (nSPS) is 38.7. The largest absolute Gasteiger partial charge is 0.282 e. The van der Waals surface area contributed by atoms with Crippen LogP contribution in [0.1, 0.15) is 19.4 Å². The van der Waals surface area contributed by atoms with Crippen LogP contribution in [0, 0.1) is 0 Å². The van der Waals surface area contributed by atoms with E-state index in [1.807, 2.05) is 13.8 Å². The highest BCUT2D eigenvalue weighted by Crippen LogP contribution is 2.30. The van der Waals surface area contributed by atoms with Crippen LogP contribution in [-0.2, 0) is 6.54 Å². The quantitative estimate of drug-likeness (QED) is 0.751. The van der Waals surface area contributed by atoms with Crippen LogP contribution >= 0.6 is 0 Å². The van der Waals surface area contributed by atoms with Crippen LogP contribution in [0.5, 0.6) is 0 Å². The molecule has 4 bridgehead atoms. The maximum atomic E-state index is 2.57. The van der Waals surface area contributed by atoms with Gasteiger partial charge in [-0.3, -0.25) is 4.48 Å². The molecule has 104 valence electrons. The first-order valence-electron chi connectivity index (χ1n) is 7.38. The first-order valence-corrected chi connectivity index (χ1v) is 7.38. The van der Waals surface area contributed by atoms with E-state index in [-0.39, 0.29) is 0 Å². The minimum absolute atomic E-state index is 1.17. The maximum Gasteiger partial charge on any atom is 0.139 e. The number of hydrogen-bond acceptors (Lipinski definition) is 3. The van der Waals surface area contributed by atoms with Crippen molar-refractivity contribution in [2.45, 2.75) is 20.4 Å². The van der Waals surface area contributed by atoms with Gasteiger partial charge in [-0.2, -0.15) is 0 Å². The summed E-state index contributed by atoms with van der Waals surface area (Å²) in [5.74, 6) is 0. The zero-order valence-corrected chi connectivity index (χ0v) is 12.1. The molecule has 0 spiro atoms. The summed E-state index contributed by atoms with van der Waals surface area (Å²) in [6, 6.07) is 10.9. The number of quaternary nitrogens is 1. The summed E-state index contributed by atoms with van der Waals surface area (Å²) in [6.07, 6.45) is 0. The number of rotatable bonds is 2. The summed E-state index contributed by atoms with van der Waals surface area (Å²) in [4.78, 5) is 7.71. The van der Waals surface area contributed by atoms with Gasteiger partial charge in [0.05, 0.1) is 20.0 Å². The van der Waals surface area contributed by atoms with E-state index in [1.165, 1.54) is 56.6 Å². The van der Waals surface area contributed by atoms with E-state index >= 15 is 0 Å². The van der Waals surface area contributed by atoms with Crippen molar-refractivity contribution in [2.75, 3.05) is 40.0 Å². The van der Waals surface area contributed by atoms with Crippen molar-refractivity contribution in [3.05, 3.63) is 35.9 Å². The number of nitrogens with zero attached hydrogens (tertiary/aromatic N) is 4. The Morgan fingerprint density at radius 1 is 0.842 bits per heavy atom. The Hall–Kier alpha value is -0.940. The first-order chi connectivity index (χ1) is 9.31. The lowest BCUT2D eigenvalue weighted by atomic mass is 10.1. The fraction of sp³-hybridized carbons (Fsp3) is 0.600. The lowest BCUT2D eigenvalue weighted by Crippen LogP contribution is -2.78. The Morgan fingerprint density at radius 2 is 1.32 bits per heavy atom. The molecule has 4 aliphatic rings. The molecule has 4 heteroatoms. The Balaban J connectivity index is 0.000000528. The maximum absolute atomic E-state index is 2.57. The highest BCUT2D eigenvalue weighted by atomic mass is 15.7. The zero-order valence-electron chi connectivity index (χ0n) is 12.1. The van der Waals surface area contributed by atoms with Gasteiger partial charge in [-0.15, -0.1) is 0 Å². The summed E-state index contributed by atoms with van der Waals surface area (Å²) in [5, 5.41) is 0. The molecule has 1 aromatic rings. The van der Waals surface area contributed by atoms with E-state index in [2.05, 4.69) is 45.0 Å². The summed E-state index contributed by atoms with van der Waals surface area (Å²) in [5.41, 5.74) is 1.47.